The summed E-state index contributed by atoms with van der Waals surface area (Å²) in [6.07, 6.45) is 0. The molecule has 0 aliphatic heterocycles. The fraction of sp³-hybridized carbons (Fsp3) is 0.172. The van der Waals surface area contributed by atoms with Gasteiger partial charge in [0.2, 0.25) is 0 Å². The Morgan fingerprint density at radius 1 is 0.944 bits per heavy atom. The number of carbonyl (C=O) groups is 1. The molecule has 0 radical (unpaired) electrons. The molecule has 0 aliphatic rings. The summed E-state index contributed by atoms with van der Waals surface area (Å²) in [5.74, 6) is 1.04. The third-order valence-electron chi connectivity index (χ3n) is 6.13. The minimum Gasteiger partial charge on any atom is -0.455 e. The standard InChI is InChI=1S/C29H25N3O4/c1-16(2)27-31-29(36-32-27)20-13-8-10-17(3)23(20)30-28(34)22-15-9-14-21-24(33)18(4)25(35-26(21)22)19-11-6-5-7-12-19/h5-16H,1-4H3,(H,30,34). The molecule has 5 aromatic rings. The summed E-state index contributed by atoms with van der Waals surface area (Å²) in [5, 5.41) is 7.39. The number of hydrogen-bond donors (Lipinski definition) is 1. The van der Waals surface area contributed by atoms with Gasteiger partial charge in [-0.2, -0.15) is 4.98 Å². The quantitative estimate of drug-likeness (QED) is 0.309. The number of anilines is 1. The van der Waals surface area contributed by atoms with E-state index < -0.39 is 5.91 Å². The van der Waals surface area contributed by atoms with Crippen LogP contribution < -0.4 is 10.7 Å². The summed E-state index contributed by atoms with van der Waals surface area (Å²) in [5.41, 5.74) is 3.57. The van der Waals surface area contributed by atoms with Crippen LogP contribution >= 0.6 is 0 Å². The maximum atomic E-state index is 13.6. The van der Waals surface area contributed by atoms with E-state index >= 15 is 0 Å². The normalized spacial score (nSPS) is 11.2. The fourth-order valence-electron chi connectivity index (χ4n) is 4.12. The zero-order valence-electron chi connectivity index (χ0n) is 20.5. The second-order valence-corrected chi connectivity index (χ2v) is 9.00. The average Bonchev–Trinajstić information content (AvgIpc) is 3.38. The van der Waals surface area contributed by atoms with Gasteiger partial charge in [-0.05, 0) is 37.6 Å². The van der Waals surface area contributed by atoms with Crippen LogP contribution in [0.4, 0.5) is 5.69 Å². The van der Waals surface area contributed by atoms with Crippen molar-refractivity contribution < 1.29 is 13.7 Å². The minimum atomic E-state index is -0.411. The number of nitrogens with one attached hydrogen (secondary N) is 1. The van der Waals surface area contributed by atoms with Crippen LogP contribution in [0.15, 0.2) is 80.5 Å². The first-order valence-corrected chi connectivity index (χ1v) is 11.7. The molecule has 0 unspecified atom stereocenters. The Bertz CT molecular complexity index is 1650. The van der Waals surface area contributed by atoms with Crippen molar-refractivity contribution in [1.29, 1.82) is 0 Å². The Morgan fingerprint density at radius 2 is 1.69 bits per heavy atom. The van der Waals surface area contributed by atoms with Gasteiger partial charge in [-0.15, -0.1) is 0 Å². The number of hydrogen-bond acceptors (Lipinski definition) is 6. The highest BCUT2D eigenvalue weighted by Gasteiger charge is 2.22. The van der Waals surface area contributed by atoms with Crippen LogP contribution in [-0.2, 0) is 0 Å². The number of rotatable bonds is 5. The third-order valence-corrected chi connectivity index (χ3v) is 6.13. The first-order chi connectivity index (χ1) is 17.3. The largest absolute Gasteiger partial charge is 0.455 e. The van der Waals surface area contributed by atoms with Gasteiger partial charge < -0.3 is 14.3 Å². The molecule has 0 spiro atoms. The van der Waals surface area contributed by atoms with Gasteiger partial charge in [0.15, 0.2) is 16.8 Å². The number of carbonyl (C=O) groups excluding carboxylic acids is 1. The molecule has 7 heteroatoms. The highest BCUT2D eigenvalue weighted by Crippen LogP contribution is 2.32. The lowest BCUT2D eigenvalue weighted by Gasteiger charge is -2.13. The molecule has 5 rings (SSSR count). The lowest BCUT2D eigenvalue weighted by Crippen LogP contribution is -2.16. The van der Waals surface area contributed by atoms with Gasteiger partial charge in [0.1, 0.15) is 5.76 Å². The molecule has 2 heterocycles. The van der Waals surface area contributed by atoms with E-state index in [9.17, 15) is 9.59 Å². The number of amides is 1. The van der Waals surface area contributed by atoms with Crippen molar-refractivity contribution in [3.8, 4) is 22.8 Å². The molecule has 7 nitrogen and oxygen atoms in total. The average molecular weight is 480 g/mol. The zero-order chi connectivity index (χ0) is 25.4. The number of aromatic nitrogens is 2. The van der Waals surface area contributed by atoms with E-state index in [1.807, 2.05) is 69.3 Å². The van der Waals surface area contributed by atoms with Gasteiger partial charge in [-0.25, -0.2) is 0 Å². The second-order valence-electron chi connectivity index (χ2n) is 9.00. The maximum absolute atomic E-state index is 13.6. The van der Waals surface area contributed by atoms with Gasteiger partial charge in [-0.3, -0.25) is 9.59 Å². The van der Waals surface area contributed by atoms with Gasteiger partial charge in [0.05, 0.1) is 22.2 Å². The molecule has 0 bridgehead atoms. The van der Waals surface area contributed by atoms with Crippen molar-refractivity contribution >= 4 is 22.6 Å². The summed E-state index contributed by atoms with van der Waals surface area (Å²) < 4.78 is 11.7. The summed E-state index contributed by atoms with van der Waals surface area (Å²) in [7, 11) is 0. The Balaban J connectivity index is 1.61. The van der Waals surface area contributed by atoms with E-state index in [-0.39, 0.29) is 22.5 Å². The molecule has 1 amide bonds. The van der Waals surface area contributed by atoms with Crippen molar-refractivity contribution in [1.82, 2.24) is 10.1 Å². The number of para-hydroxylation sites is 2. The van der Waals surface area contributed by atoms with E-state index in [1.54, 1.807) is 25.1 Å². The lowest BCUT2D eigenvalue weighted by molar-refractivity contribution is 0.102. The number of fused-ring (bicyclic) bond motifs is 1. The minimum absolute atomic E-state index is 0.103. The summed E-state index contributed by atoms with van der Waals surface area (Å²) in [6.45, 7) is 7.58. The van der Waals surface area contributed by atoms with Crippen LogP contribution in [0.5, 0.6) is 0 Å². The molecule has 180 valence electrons. The van der Waals surface area contributed by atoms with Crippen LogP contribution in [-0.4, -0.2) is 16.0 Å². The van der Waals surface area contributed by atoms with E-state index in [2.05, 4.69) is 15.5 Å². The van der Waals surface area contributed by atoms with E-state index in [1.165, 1.54) is 0 Å². The molecule has 0 saturated heterocycles. The molecule has 0 fully saturated rings. The second kappa shape index (κ2) is 9.26. The van der Waals surface area contributed by atoms with Crippen molar-refractivity contribution in [3.63, 3.8) is 0 Å². The molecule has 0 saturated carbocycles. The van der Waals surface area contributed by atoms with Gasteiger partial charge in [-0.1, -0.05) is 67.5 Å². The van der Waals surface area contributed by atoms with E-state index in [4.69, 9.17) is 8.94 Å². The van der Waals surface area contributed by atoms with Crippen LogP contribution in [0.1, 0.15) is 47.1 Å². The molecular weight excluding hydrogens is 454 g/mol. The predicted octanol–water partition coefficient (Wildman–Crippen LogP) is 6.50. The Labute approximate surface area is 207 Å². The van der Waals surface area contributed by atoms with Crippen molar-refractivity contribution in [2.24, 2.45) is 0 Å². The molecule has 3 aromatic carbocycles. The molecular formula is C29H25N3O4. The molecule has 1 N–H and O–H groups in total. The highest BCUT2D eigenvalue weighted by molar-refractivity contribution is 6.12. The van der Waals surface area contributed by atoms with Crippen LogP contribution in [0.25, 0.3) is 33.7 Å². The van der Waals surface area contributed by atoms with Gasteiger partial charge >= 0.3 is 0 Å². The molecule has 36 heavy (non-hydrogen) atoms. The maximum Gasteiger partial charge on any atom is 0.260 e. The van der Waals surface area contributed by atoms with E-state index in [0.29, 0.717) is 39.7 Å². The Kier molecular flexibility index (Phi) is 5.98. The summed E-state index contributed by atoms with van der Waals surface area (Å²) in [6, 6.07) is 20.0. The fourth-order valence-corrected chi connectivity index (χ4v) is 4.12. The number of nitrogens with zero attached hydrogens (tertiary/aromatic N) is 2. The highest BCUT2D eigenvalue weighted by atomic mass is 16.5. The first-order valence-electron chi connectivity index (χ1n) is 11.7. The Hall–Kier alpha value is -4.52. The van der Waals surface area contributed by atoms with Crippen LogP contribution in [0, 0.1) is 13.8 Å². The summed E-state index contributed by atoms with van der Waals surface area (Å²) >= 11 is 0. The van der Waals surface area contributed by atoms with Crippen molar-refractivity contribution in [2.75, 3.05) is 5.32 Å². The summed E-state index contributed by atoms with van der Waals surface area (Å²) in [4.78, 5) is 31.3. The monoisotopic (exact) mass is 479 g/mol. The predicted molar refractivity (Wildman–Crippen MR) is 139 cm³/mol. The smallest absolute Gasteiger partial charge is 0.260 e. The van der Waals surface area contributed by atoms with Crippen LogP contribution in [0.3, 0.4) is 0 Å². The van der Waals surface area contributed by atoms with Crippen molar-refractivity contribution in [2.45, 2.75) is 33.6 Å². The molecule has 0 atom stereocenters. The van der Waals surface area contributed by atoms with Gasteiger partial charge in [0.25, 0.3) is 11.8 Å². The van der Waals surface area contributed by atoms with Crippen molar-refractivity contribution in [3.05, 3.63) is 99.5 Å². The van der Waals surface area contributed by atoms with E-state index in [0.717, 1.165) is 11.1 Å². The topological polar surface area (TPSA) is 98.2 Å². The van der Waals surface area contributed by atoms with Gasteiger partial charge in [0, 0.05) is 17.0 Å². The molecule has 0 aliphatic carbocycles. The third kappa shape index (κ3) is 4.09. The van der Waals surface area contributed by atoms with Crippen LogP contribution in [0.2, 0.25) is 0 Å². The first kappa shape index (κ1) is 23.2. The molecule has 2 aromatic heterocycles. The zero-order valence-corrected chi connectivity index (χ0v) is 20.5. The number of aryl methyl sites for hydroxylation is 1. The Morgan fingerprint density at radius 3 is 2.42 bits per heavy atom. The number of benzene rings is 3. The SMILES string of the molecule is Cc1cccc(-c2nc(C(C)C)no2)c1NC(=O)c1cccc2c(=O)c(C)c(-c3ccccc3)oc12. The lowest BCUT2D eigenvalue weighted by atomic mass is 10.0.